The minimum Gasteiger partial charge on any atom is -0.460 e. The number of aromatic nitrogens is 2. The number of nitrogens with one attached hydrogen (secondary N) is 2. The summed E-state index contributed by atoms with van der Waals surface area (Å²) >= 11 is 0. The van der Waals surface area contributed by atoms with Gasteiger partial charge in [0, 0.05) is 17.1 Å². The summed E-state index contributed by atoms with van der Waals surface area (Å²) in [6.45, 7) is 2.67. The van der Waals surface area contributed by atoms with Crippen LogP contribution in [0, 0.1) is 6.92 Å². The van der Waals surface area contributed by atoms with Crippen LogP contribution in [0.2, 0.25) is 0 Å². The van der Waals surface area contributed by atoms with Crippen LogP contribution in [-0.2, 0) is 75.3 Å². The van der Waals surface area contributed by atoms with Crippen LogP contribution in [0.15, 0.2) is 100 Å². The van der Waals surface area contributed by atoms with E-state index in [2.05, 4.69) is 15.2 Å². The van der Waals surface area contributed by atoms with Gasteiger partial charge in [0.05, 0.1) is 25.3 Å². The van der Waals surface area contributed by atoms with Gasteiger partial charge in [-0.05, 0) is 55.7 Å². The number of rotatable bonds is 19. The SMILES string of the molecule is Cc1cc(CO)c2oc(COC(=O)Cc3ccn([C@@H]4O[C@H](COP(=O)(N[C@@H](C)C(=O)OCc5ccccc5)N[C@@H](C)C(=O)OCc5ccccc5)[C@@H](O)C4(F)F)c(=O)n3)cc2c1. The Balaban J connectivity index is 1.09. The van der Waals surface area contributed by atoms with Crippen molar-refractivity contribution in [3.05, 3.63) is 135 Å². The summed E-state index contributed by atoms with van der Waals surface area (Å²) in [5, 5.41) is 25.9. The van der Waals surface area contributed by atoms with Crippen molar-refractivity contribution in [2.75, 3.05) is 6.61 Å². The molecular formula is C42H45F2N4O13P. The number of aliphatic hydroxyl groups is 2. The molecule has 5 atom stereocenters. The predicted octanol–water partition coefficient (Wildman–Crippen LogP) is 4.54. The molecule has 2 aromatic heterocycles. The highest BCUT2D eigenvalue weighted by Crippen LogP contribution is 2.45. The first kappa shape index (κ1) is 45.9. The Hall–Kier alpha value is -5.66. The topological polar surface area (TPSA) is 227 Å². The van der Waals surface area contributed by atoms with Crippen LogP contribution in [0.25, 0.3) is 11.0 Å². The lowest BCUT2D eigenvalue weighted by molar-refractivity contribution is -0.147. The molecule has 17 nitrogen and oxygen atoms in total. The largest absolute Gasteiger partial charge is 0.460 e. The molecule has 1 aliphatic heterocycles. The van der Waals surface area contributed by atoms with Crippen LogP contribution >= 0.6 is 7.67 Å². The lowest BCUT2D eigenvalue weighted by atomic mass is 10.1. The second-order valence-corrected chi connectivity index (χ2v) is 16.4. The Bertz CT molecular complexity index is 2400. The van der Waals surface area contributed by atoms with Gasteiger partial charge in [0.15, 0.2) is 6.10 Å². The van der Waals surface area contributed by atoms with E-state index in [4.69, 9.17) is 27.9 Å². The van der Waals surface area contributed by atoms with E-state index >= 15 is 8.78 Å². The molecule has 0 amide bonds. The predicted molar refractivity (Wildman–Crippen MR) is 215 cm³/mol. The minimum atomic E-state index is -4.59. The van der Waals surface area contributed by atoms with E-state index in [1.807, 2.05) is 13.0 Å². The van der Waals surface area contributed by atoms with Crippen LogP contribution in [0.4, 0.5) is 8.78 Å². The summed E-state index contributed by atoms with van der Waals surface area (Å²) < 4.78 is 78.4. The third kappa shape index (κ3) is 11.4. The highest BCUT2D eigenvalue weighted by Gasteiger charge is 2.60. The van der Waals surface area contributed by atoms with E-state index in [0.29, 0.717) is 38.0 Å². The normalized spacial score (nSPS) is 18.3. The second kappa shape index (κ2) is 20.0. The number of furan rings is 1. The average Bonchev–Trinajstić information content (AvgIpc) is 3.76. The van der Waals surface area contributed by atoms with Crippen LogP contribution in [0.5, 0.6) is 0 Å². The number of hydrogen-bond donors (Lipinski definition) is 4. The van der Waals surface area contributed by atoms with Crippen molar-refractivity contribution in [3.63, 3.8) is 0 Å². The number of ether oxygens (including phenoxy) is 4. The zero-order valence-electron chi connectivity index (χ0n) is 33.8. The standard InChI is InChI=1S/C42H45F2N4O13P/c1-25-16-30-18-33(60-36(30)31(17-25)20-49)23-56-35(50)19-32-14-15-48(41(54)45-32)40-42(43,44)37(51)34(61-40)24-59-62(55,46-26(2)38(52)57-21-28-10-6-4-7-11-28)47-27(3)39(53)58-22-29-12-8-5-9-13-29/h4-18,26-27,34,37,40,49,51H,19-24H2,1-3H3,(H2,46,47,55)/t26-,27-,34+,37+,40+/m0/s1. The Morgan fingerprint density at radius 3 is 2.06 bits per heavy atom. The van der Waals surface area contributed by atoms with Gasteiger partial charge in [-0.25, -0.2) is 15.0 Å². The van der Waals surface area contributed by atoms with Crippen molar-refractivity contribution in [2.24, 2.45) is 0 Å². The molecular weight excluding hydrogens is 837 g/mol. The number of esters is 3. The Morgan fingerprint density at radius 1 is 0.903 bits per heavy atom. The Kier molecular flexibility index (Phi) is 14.8. The number of halogens is 2. The molecule has 3 heterocycles. The third-order valence-electron chi connectivity index (χ3n) is 9.58. The molecule has 0 aliphatic carbocycles. The molecule has 1 aliphatic rings. The molecule has 0 spiro atoms. The van der Waals surface area contributed by atoms with Crippen molar-refractivity contribution < 1.29 is 65.8 Å². The van der Waals surface area contributed by atoms with Crippen molar-refractivity contribution >= 4 is 36.5 Å². The molecule has 0 bridgehead atoms. The molecule has 330 valence electrons. The smallest absolute Gasteiger partial charge is 0.350 e. The van der Waals surface area contributed by atoms with E-state index in [-0.39, 0.29) is 32.1 Å². The molecule has 0 radical (unpaired) electrons. The van der Waals surface area contributed by atoms with Crippen LogP contribution < -0.4 is 15.9 Å². The number of nitrogens with zero attached hydrogens (tertiary/aromatic N) is 2. The lowest BCUT2D eigenvalue weighted by Crippen LogP contribution is -2.44. The van der Waals surface area contributed by atoms with E-state index < -0.39 is 80.7 Å². The summed E-state index contributed by atoms with van der Waals surface area (Å²) in [7, 11) is -4.59. The maximum Gasteiger partial charge on any atom is 0.350 e. The fourth-order valence-corrected chi connectivity index (χ4v) is 8.24. The van der Waals surface area contributed by atoms with E-state index in [9.17, 15) is 34.0 Å². The summed E-state index contributed by atoms with van der Waals surface area (Å²) in [6.07, 6.45) is -6.55. The molecule has 1 fully saturated rings. The van der Waals surface area contributed by atoms with Crippen molar-refractivity contribution in [1.82, 2.24) is 19.7 Å². The summed E-state index contributed by atoms with van der Waals surface area (Å²) in [5.74, 6) is -6.39. The lowest BCUT2D eigenvalue weighted by Gasteiger charge is -2.27. The zero-order chi connectivity index (χ0) is 44.6. The molecule has 4 N–H and O–H groups in total. The quantitative estimate of drug-likeness (QED) is 0.0507. The Labute approximate surface area is 353 Å². The van der Waals surface area contributed by atoms with Gasteiger partial charge in [-0.1, -0.05) is 66.7 Å². The van der Waals surface area contributed by atoms with Crippen LogP contribution in [0.1, 0.15) is 53.8 Å². The van der Waals surface area contributed by atoms with Gasteiger partial charge < -0.3 is 38.1 Å². The van der Waals surface area contributed by atoms with Gasteiger partial charge in [-0.15, -0.1) is 0 Å². The molecule has 62 heavy (non-hydrogen) atoms. The van der Waals surface area contributed by atoms with Crippen LogP contribution in [0.3, 0.4) is 0 Å². The van der Waals surface area contributed by atoms with Gasteiger partial charge in [-0.2, -0.15) is 13.8 Å². The van der Waals surface area contributed by atoms with Crippen molar-refractivity contribution in [2.45, 2.75) is 90.1 Å². The fraction of sp³-hybridized carbons (Fsp3) is 0.357. The highest BCUT2D eigenvalue weighted by atomic mass is 31.2. The molecule has 0 unspecified atom stereocenters. The molecule has 5 aromatic rings. The van der Waals surface area contributed by atoms with Crippen molar-refractivity contribution in [1.29, 1.82) is 0 Å². The number of hydrogen-bond acceptors (Lipinski definition) is 14. The summed E-state index contributed by atoms with van der Waals surface area (Å²) in [6, 6.07) is 21.1. The number of fused-ring (bicyclic) bond motifs is 1. The van der Waals surface area contributed by atoms with Gasteiger partial charge in [-0.3, -0.25) is 23.5 Å². The molecule has 3 aromatic carbocycles. The maximum atomic E-state index is 15.6. The number of aryl methyl sites for hydroxylation is 1. The zero-order valence-corrected chi connectivity index (χ0v) is 34.7. The van der Waals surface area contributed by atoms with Gasteiger partial charge in [0.1, 0.15) is 49.4 Å². The number of benzene rings is 3. The first-order valence-electron chi connectivity index (χ1n) is 19.3. The number of carbonyl (C=O) groups excluding carboxylic acids is 3. The molecule has 20 heteroatoms. The number of aliphatic hydroxyl groups excluding tert-OH is 2. The van der Waals surface area contributed by atoms with Gasteiger partial charge in [0.2, 0.25) is 6.23 Å². The Morgan fingerprint density at radius 2 is 1.50 bits per heavy atom. The first-order chi connectivity index (χ1) is 29.5. The average molecular weight is 883 g/mol. The minimum absolute atomic E-state index is 0.119. The molecule has 0 saturated carbocycles. The third-order valence-corrected chi connectivity index (χ3v) is 11.5. The number of carbonyl (C=O) groups is 3. The first-order valence-corrected chi connectivity index (χ1v) is 21.0. The van der Waals surface area contributed by atoms with Gasteiger partial charge >= 0.3 is 37.2 Å². The van der Waals surface area contributed by atoms with Crippen LogP contribution in [-0.4, -0.2) is 74.5 Å². The monoisotopic (exact) mass is 882 g/mol. The van der Waals surface area contributed by atoms with Crippen molar-refractivity contribution in [3.8, 4) is 0 Å². The maximum absolute atomic E-state index is 15.6. The van der Waals surface area contributed by atoms with E-state index in [0.717, 1.165) is 17.8 Å². The summed E-state index contributed by atoms with van der Waals surface area (Å²) in [4.78, 5) is 55.2. The summed E-state index contributed by atoms with van der Waals surface area (Å²) in [5.41, 5.74) is 1.86. The van der Waals surface area contributed by atoms with Gasteiger partial charge in [0.25, 0.3) is 0 Å². The highest BCUT2D eigenvalue weighted by molar-refractivity contribution is 7.54. The molecule has 1 saturated heterocycles. The van der Waals surface area contributed by atoms with E-state index in [1.165, 1.54) is 13.8 Å². The van der Waals surface area contributed by atoms with E-state index in [1.54, 1.807) is 72.8 Å². The fourth-order valence-electron chi connectivity index (χ4n) is 6.43. The second-order valence-electron chi connectivity index (χ2n) is 14.5. The molecule has 6 rings (SSSR count). The number of alkyl halides is 2.